The first-order valence-corrected chi connectivity index (χ1v) is 10.8. The van der Waals surface area contributed by atoms with Crippen LogP contribution in [0.25, 0.3) is 0 Å². The summed E-state index contributed by atoms with van der Waals surface area (Å²) in [6, 6.07) is 14.2. The van der Waals surface area contributed by atoms with Gasteiger partial charge in [0, 0.05) is 44.4 Å². The molecule has 8 heteroatoms. The number of hydrogen-bond acceptors (Lipinski definition) is 5. The summed E-state index contributed by atoms with van der Waals surface area (Å²) in [4.78, 5) is 39.9. The Hall–Kier alpha value is -3.23. The Bertz CT molecular complexity index is 961. The van der Waals surface area contributed by atoms with E-state index in [0.29, 0.717) is 43.6 Å². The molecule has 2 aromatic carbocycles. The van der Waals surface area contributed by atoms with Crippen LogP contribution in [0.3, 0.4) is 0 Å². The Morgan fingerprint density at radius 3 is 2.38 bits per heavy atom. The van der Waals surface area contributed by atoms with E-state index >= 15 is 0 Å². The highest BCUT2D eigenvalue weighted by Crippen LogP contribution is 2.13. The predicted octanol–water partition coefficient (Wildman–Crippen LogP) is 0.783. The topological polar surface area (TPSA) is 116 Å². The van der Waals surface area contributed by atoms with Gasteiger partial charge < -0.3 is 26.0 Å². The number of hydrogen-bond donors (Lipinski definition) is 3. The first kappa shape index (κ1) is 23.4. The van der Waals surface area contributed by atoms with Gasteiger partial charge in [-0.3, -0.25) is 14.4 Å². The van der Waals surface area contributed by atoms with Crippen molar-refractivity contribution in [2.24, 2.45) is 5.73 Å². The lowest BCUT2D eigenvalue weighted by Crippen LogP contribution is -2.50. The Kier molecular flexibility index (Phi) is 7.97. The molecule has 8 nitrogen and oxygen atoms in total. The molecule has 0 saturated carbocycles. The van der Waals surface area contributed by atoms with Crippen LogP contribution < -0.4 is 11.1 Å². The van der Waals surface area contributed by atoms with E-state index in [4.69, 9.17) is 5.73 Å². The van der Waals surface area contributed by atoms with Crippen LogP contribution in [0.2, 0.25) is 0 Å². The number of likely N-dealkylation sites (N-methyl/N-ethyl adjacent to an activating group) is 1. The Morgan fingerprint density at radius 2 is 1.72 bits per heavy atom. The maximum absolute atomic E-state index is 12.6. The van der Waals surface area contributed by atoms with Crippen LogP contribution in [0.1, 0.15) is 38.3 Å². The largest absolute Gasteiger partial charge is 0.391 e. The predicted molar refractivity (Wildman–Crippen MR) is 121 cm³/mol. The third-order valence-electron chi connectivity index (χ3n) is 5.72. The van der Waals surface area contributed by atoms with Crippen molar-refractivity contribution in [3.05, 3.63) is 70.8 Å². The molecule has 3 rings (SSSR count). The Morgan fingerprint density at radius 1 is 1.06 bits per heavy atom. The van der Waals surface area contributed by atoms with Crippen molar-refractivity contribution in [3.63, 3.8) is 0 Å². The number of nitrogens with two attached hydrogens (primary N) is 1. The van der Waals surface area contributed by atoms with Crippen LogP contribution in [-0.2, 0) is 17.8 Å². The lowest BCUT2D eigenvalue weighted by Gasteiger charge is -2.32. The molecule has 0 radical (unpaired) electrons. The van der Waals surface area contributed by atoms with Crippen LogP contribution in [0, 0.1) is 0 Å². The summed E-state index contributed by atoms with van der Waals surface area (Å²) in [6.07, 6.45) is 0.505. The number of carbonyl (C=O) groups excluding carboxylic acids is 3. The van der Waals surface area contributed by atoms with Crippen molar-refractivity contribution in [1.82, 2.24) is 15.1 Å². The first-order chi connectivity index (χ1) is 15.4. The molecule has 32 heavy (non-hydrogen) atoms. The molecular weight excluding hydrogens is 408 g/mol. The summed E-state index contributed by atoms with van der Waals surface area (Å²) in [5, 5.41) is 13.0. The molecule has 0 spiro atoms. The van der Waals surface area contributed by atoms with Crippen molar-refractivity contribution in [1.29, 1.82) is 0 Å². The van der Waals surface area contributed by atoms with Gasteiger partial charge in [0.1, 0.15) is 6.54 Å². The molecule has 0 aromatic heterocycles. The molecule has 1 saturated heterocycles. The van der Waals surface area contributed by atoms with Gasteiger partial charge in [-0.1, -0.05) is 24.3 Å². The van der Waals surface area contributed by atoms with Gasteiger partial charge in [-0.2, -0.15) is 0 Å². The van der Waals surface area contributed by atoms with Crippen molar-refractivity contribution < 1.29 is 19.5 Å². The van der Waals surface area contributed by atoms with Crippen molar-refractivity contribution in [2.75, 3.05) is 33.2 Å². The third-order valence-corrected chi connectivity index (χ3v) is 5.72. The van der Waals surface area contributed by atoms with Crippen LogP contribution in [0.5, 0.6) is 0 Å². The summed E-state index contributed by atoms with van der Waals surface area (Å²) in [6.45, 7) is 1.63. The SMILES string of the molecule is CN1CCN(C(=O)c2ccc(C(=O)NC[C@@H](O)CCc3ccccc3CN)cc2)CC1=O. The summed E-state index contributed by atoms with van der Waals surface area (Å²) in [5.41, 5.74) is 8.73. The van der Waals surface area contributed by atoms with Gasteiger partial charge in [0.05, 0.1) is 6.10 Å². The summed E-state index contributed by atoms with van der Waals surface area (Å²) >= 11 is 0. The van der Waals surface area contributed by atoms with E-state index in [-0.39, 0.29) is 30.8 Å². The number of piperazine rings is 1. The molecule has 0 aliphatic carbocycles. The van der Waals surface area contributed by atoms with Crippen molar-refractivity contribution in [3.8, 4) is 0 Å². The highest BCUT2D eigenvalue weighted by Gasteiger charge is 2.25. The minimum absolute atomic E-state index is 0.0607. The number of nitrogens with one attached hydrogen (secondary N) is 1. The second-order valence-corrected chi connectivity index (χ2v) is 7.99. The molecule has 2 aromatic rings. The van der Waals surface area contributed by atoms with E-state index in [9.17, 15) is 19.5 Å². The second kappa shape index (κ2) is 10.9. The van der Waals surface area contributed by atoms with Crippen LogP contribution in [0.15, 0.2) is 48.5 Å². The molecule has 0 bridgehead atoms. The fourth-order valence-electron chi connectivity index (χ4n) is 3.62. The lowest BCUT2D eigenvalue weighted by atomic mass is 10.0. The molecule has 1 heterocycles. The second-order valence-electron chi connectivity index (χ2n) is 7.99. The van der Waals surface area contributed by atoms with Crippen molar-refractivity contribution in [2.45, 2.75) is 25.5 Å². The van der Waals surface area contributed by atoms with Gasteiger partial charge in [-0.25, -0.2) is 0 Å². The molecule has 4 N–H and O–H groups in total. The Balaban J connectivity index is 1.48. The van der Waals surface area contributed by atoms with Crippen LogP contribution in [-0.4, -0.2) is 72.0 Å². The third kappa shape index (κ3) is 5.93. The van der Waals surface area contributed by atoms with E-state index in [1.807, 2.05) is 24.3 Å². The summed E-state index contributed by atoms with van der Waals surface area (Å²) in [7, 11) is 1.72. The number of benzene rings is 2. The monoisotopic (exact) mass is 438 g/mol. The average molecular weight is 439 g/mol. The highest BCUT2D eigenvalue weighted by atomic mass is 16.3. The lowest BCUT2D eigenvalue weighted by molar-refractivity contribution is -0.133. The van der Waals surface area contributed by atoms with Gasteiger partial charge in [0.25, 0.3) is 11.8 Å². The molecule has 0 unspecified atom stereocenters. The maximum Gasteiger partial charge on any atom is 0.254 e. The molecule has 3 amide bonds. The van der Waals surface area contributed by atoms with Gasteiger partial charge in [-0.05, 0) is 48.2 Å². The number of rotatable bonds is 8. The molecule has 1 atom stereocenters. The minimum atomic E-state index is -0.680. The van der Waals surface area contributed by atoms with Gasteiger partial charge in [-0.15, -0.1) is 0 Å². The highest BCUT2D eigenvalue weighted by molar-refractivity contribution is 5.99. The molecular formula is C24H30N4O4. The quantitative estimate of drug-likeness (QED) is 0.563. The maximum atomic E-state index is 12.6. The van der Waals surface area contributed by atoms with Gasteiger partial charge in [0.2, 0.25) is 5.91 Å². The van der Waals surface area contributed by atoms with E-state index in [1.54, 1.807) is 36.2 Å². The minimum Gasteiger partial charge on any atom is -0.391 e. The van der Waals surface area contributed by atoms with Crippen LogP contribution >= 0.6 is 0 Å². The first-order valence-electron chi connectivity index (χ1n) is 10.8. The van der Waals surface area contributed by atoms with Gasteiger partial charge >= 0.3 is 0 Å². The smallest absolute Gasteiger partial charge is 0.254 e. The number of nitrogens with zero attached hydrogens (tertiary/aromatic N) is 2. The fourth-order valence-corrected chi connectivity index (χ4v) is 3.62. The number of aryl methyl sites for hydroxylation is 1. The van der Waals surface area contributed by atoms with Crippen molar-refractivity contribution >= 4 is 17.7 Å². The number of aliphatic hydroxyl groups is 1. The fraction of sp³-hybridized carbons (Fsp3) is 0.375. The van der Waals surface area contributed by atoms with E-state index in [1.165, 1.54) is 4.90 Å². The number of aliphatic hydroxyl groups excluding tert-OH is 1. The van der Waals surface area contributed by atoms with E-state index < -0.39 is 6.10 Å². The normalized spacial score (nSPS) is 14.9. The van der Waals surface area contributed by atoms with E-state index in [2.05, 4.69) is 5.32 Å². The zero-order valence-corrected chi connectivity index (χ0v) is 18.3. The van der Waals surface area contributed by atoms with Gasteiger partial charge in [0.15, 0.2) is 0 Å². The molecule has 1 fully saturated rings. The zero-order chi connectivity index (χ0) is 23.1. The standard InChI is InChI=1S/C24H30N4O4/c1-27-12-13-28(16-22(27)30)24(32)19-8-6-18(7-9-19)23(31)26-15-21(29)11-10-17-4-2-3-5-20(17)14-25/h2-9,21,29H,10-16,25H2,1H3,(H,26,31)/t21-/m0/s1. The molecule has 1 aliphatic rings. The zero-order valence-electron chi connectivity index (χ0n) is 18.3. The van der Waals surface area contributed by atoms with E-state index in [0.717, 1.165) is 11.1 Å². The average Bonchev–Trinajstić information content (AvgIpc) is 2.82. The Labute approximate surface area is 188 Å². The number of amides is 3. The number of carbonyl (C=O) groups is 3. The summed E-state index contributed by atoms with van der Waals surface area (Å²) < 4.78 is 0. The molecule has 170 valence electrons. The summed E-state index contributed by atoms with van der Waals surface area (Å²) in [5.74, 6) is -0.641. The van der Waals surface area contributed by atoms with Crippen LogP contribution in [0.4, 0.5) is 0 Å². The molecule has 1 aliphatic heterocycles.